The summed E-state index contributed by atoms with van der Waals surface area (Å²) in [7, 11) is 0. The van der Waals surface area contributed by atoms with Crippen LogP contribution in [0, 0.1) is 0 Å². The number of aromatic nitrogens is 1. The van der Waals surface area contributed by atoms with Crippen molar-refractivity contribution in [2.45, 2.75) is 0 Å². The average molecular weight is 235 g/mol. The third-order valence-corrected chi connectivity index (χ3v) is 2.25. The maximum Gasteiger partial charge on any atom is 0.352 e. The Morgan fingerprint density at radius 3 is 2.88 bits per heavy atom. The third kappa shape index (κ3) is 1.82. The number of benzene rings is 1. The molecule has 2 aromatic rings. The van der Waals surface area contributed by atoms with Crippen molar-refractivity contribution in [3.05, 3.63) is 30.0 Å². The zero-order valence-corrected chi connectivity index (χ0v) is 8.97. The minimum atomic E-state index is -1.00. The second-order valence-corrected chi connectivity index (χ2v) is 3.68. The minimum Gasteiger partial charge on any atom is -0.477 e. The maximum absolute atomic E-state index is 10.8. The number of nitrogens with two attached hydrogens (primary N) is 1. The first kappa shape index (κ1) is 10.4. The summed E-state index contributed by atoms with van der Waals surface area (Å²) in [6, 6.07) is 6.89. The van der Waals surface area contributed by atoms with Crippen LogP contribution in [0.25, 0.3) is 10.9 Å². The summed E-state index contributed by atoms with van der Waals surface area (Å²) in [6.45, 7) is 0. The van der Waals surface area contributed by atoms with Gasteiger partial charge in [0.25, 0.3) is 0 Å². The lowest BCUT2D eigenvalue weighted by atomic mass is 10.2. The molecule has 0 saturated carbocycles. The second kappa shape index (κ2) is 3.82. The van der Waals surface area contributed by atoms with Crippen LogP contribution in [0.4, 0.5) is 5.69 Å². The summed E-state index contributed by atoms with van der Waals surface area (Å²) in [6.07, 6.45) is 0. The monoisotopic (exact) mass is 235 g/mol. The number of anilines is 1. The Morgan fingerprint density at radius 2 is 2.25 bits per heavy atom. The summed E-state index contributed by atoms with van der Waals surface area (Å²) in [4.78, 5) is 13.6. The van der Waals surface area contributed by atoms with Gasteiger partial charge in [0, 0.05) is 16.6 Å². The molecule has 0 aliphatic heterocycles. The summed E-state index contributed by atoms with van der Waals surface area (Å²) in [5, 5.41) is 12.5. The van der Waals surface area contributed by atoms with Gasteiger partial charge in [-0.05, 0) is 30.4 Å². The molecule has 0 amide bonds. The summed E-state index contributed by atoms with van der Waals surface area (Å²) in [5.41, 5.74) is 6.92. The van der Waals surface area contributed by atoms with Gasteiger partial charge in [-0.1, -0.05) is 6.07 Å². The number of thiocarbonyl (C=S) groups is 1. The van der Waals surface area contributed by atoms with E-state index in [1.807, 2.05) is 0 Å². The van der Waals surface area contributed by atoms with Crippen molar-refractivity contribution in [3.63, 3.8) is 0 Å². The van der Waals surface area contributed by atoms with Crippen LogP contribution in [-0.2, 0) is 0 Å². The van der Waals surface area contributed by atoms with Crippen molar-refractivity contribution in [2.24, 2.45) is 5.73 Å². The molecule has 1 aromatic heterocycles. The van der Waals surface area contributed by atoms with Gasteiger partial charge >= 0.3 is 5.97 Å². The van der Waals surface area contributed by atoms with Crippen LogP contribution in [0.15, 0.2) is 24.3 Å². The standard InChI is InChI=1S/C10H9N3O2S/c11-10(16)13-7-3-1-2-6-5(7)4-8(12-6)9(14)15/h1-4,12H,(H,14,15)(H3,11,13,16). The highest BCUT2D eigenvalue weighted by molar-refractivity contribution is 7.80. The van der Waals surface area contributed by atoms with E-state index in [4.69, 9.17) is 23.1 Å². The number of carbonyl (C=O) groups is 1. The van der Waals surface area contributed by atoms with Crippen LogP contribution in [0.1, 0.15) is 10.5 Å². The van der Waals surface area contributed by atoms with E-state index in [1.165, 1.54) is 6.07 Å². The molecule has 0 aliphatic carbocycles. The van der Waals surface area contributed by atoms with Crippen LogP contribution < -0.4 is 11.1 Å². The van der Waals surface area contributed by atoms with Crippen molar-refractivity contribution in [1.82, 2.24) is 4.98 Å². The molecule has 5 nitrogen and oxygen atoms in total. The summed E-state index contributed by atoms with van der Waals surface area (Å²) >= 11 is 4.74. The first-order valence-electron chi connectivity index (χ1n) is 4.49. The van der Waals surface area contributed by atoms with Crippen LogP contribution in [0.2, 0.25) is 0 Å². The minimum absolute atomic E-state index is 0.132. The van der Waals surface area contributed by atoms with Crippen LogP contribution in [0.3, 0.4) is 0 Å². The maximum atomic E-state index is 10.8. The molecule has 0 saturated heterocycles. The Bertz CT molecular complexity index is 576. The number of fused-ring (bicyclic) bond motifs is 1. The molecule has 5 N–H and O–H groups in total. The van der Waals surface area contributed by atoms with Gasteiger partial charge in [0.2, 0.25) is 0 Å². The Morgan fingerprint density at radius 1 is 1.50 bits per heavy atom. The fraction of sp³-hybridized carbons (Fsp3) is 0. The predicted molar refractivity (Wildman–Crippen MR) is 65.7 cm³/mol. The summed E-state index contributed by atoms with van der Waals surface area (Å²) in [5.74, 6) is -1.00. The van der Waals surface area contributed by atoms with Crippen molar-refractivity contribution < 1.29 is 9.90 Å². The Hall–Kier alpha value is -2.08. The molecular weight excluding hydrogens is 226 g/mol. The lowest BCUT2D eigenvalue weighted by molar-refractivity contribution is 0.0691. The van der Waals surface area contributed by atoms with Crippen LogP contribution in [0.5, 0.6) is 0 Å². The quantitative estimate of drug-likeness (QED) is 0.592. The molecule has 6 heteroatoms. The molecule has 0 bridgehead atoms. The van der Waals surface area contributed by atoms with Crippen molar-refractivity contribution in [1.29, 1.82) is 0 Å². The smallest absolute Gasteiger partial charge is 0.352 e. The molecule has 16 heavy (non-hydrogen) atoms. The molecule has 1 aromatic carbocycles. The van der Waals surface area contributed by atoms with Gasteiger partial charge in [0.05, 0.1) is 0 Å². The number of carboxylic acid groups (broad SMARTS) is 1. The van der Waals surface area contributed by atoms with E-state index in [1.54, 1.807) is 18.2 Å². The highest BCUT2D eigenvalue weighted by atomic mass is 32.1. The second-order valence-electron chi connectivity index (χ2n) is 3.24. The van der Waals surface area contributed by atoms with E-state index in [-0.39, 0.29) is 10.8 Å². The van der Waals surface area contributed by atoms with Gasteiger partial charge in [-0.15, -0.1) is 0 Å². The van der Waals surface area contributed by atoms with Gasteiger partial charge in [-0.2, -0.15) is 0 Å². The van der Waals surface area contributed by atoms with Crippen molar-refractivity contribution in [2.75, 3.05) is 5.32 Å². The number of aromatic amines is 1. The molecule has 82 valence electrons. The van der Waals surface area contributed by atoms with E-state index in [0.29, 0.717) is 5.69 Å². The van der Waals surface area contributed by atoms with E-state index in [9.17, 15) is 4.79 Å². The van der Waals surface area contributed by atoms with E-state index in [2.05, 4.69) is 10.3 Å². The lowest BCUT2D eigenvalue weighted by Crippen LogP contribution is -2.18. The van der Waals surface area contributed by atoms with Crippen LogP contribution >= 0.6 is 12.2 Å². The predicted octanol–water partition coefficient (Wildman–Crippen LogP) is 1.52. The normalized spacial score (nSPS) is 10.2. The van der Waals surface area contributed by atoms with Gasteiger partial charge < -0.3 is 21.1 Å². The largest absolute Gasteiger partial charge is 0.477 e. The fourth-order valence-corrected chi connectivity index (χ4v) is 1.62. The highest BCUT2D eigenvalue weighted by Crippen LogP contribution is 2.24. The van der Waals surface area contributed by atoms with Gasteiger partial charge in [0.1, 0.15) is 5.69 Å². The first-order valence-corrected chi connectivity index (χ1v) is 4.90. The van der Waals surface area contributed by atoms with E-state index < -0.39 is 5.97 Å². The molecule has 2 rings (SSSR count). The van der Waals surface area contributed by atoms with Crippen LogP contribution in [-0.4, -0.2) is 21.2 Å². The van der Waals surface area contributed by atoms with Gasteiger partial charge in [-0.25, -0.2) is 4.79 Å². The molecule has 0 spiro atoms. The number of aromatic carboxylic acids is 1. The molecule has 0 fully saturated rings. The molecule has 0 unspecified atom stereocenters. The Balaban J connectivity index is 2.58. The number of rotatable bonds is 2. The zero-order valence-electron chi connectivity index (χ0n) is 8.15. The summed E-state index contributed by atoms with van der Waals surface area (Å²) < 4.78 is 0. The molecule has 0 aliphatic rings. The lowest BCUT2D eigenvalue weighted by Gasteiger charge is -2.04. The Labute approximate surface area is 96.3 Å². The molecule has 0 radical (unpaired) electrons. The molecule has 0 atom stereocenters. The number of hydrogen-bond acceptors (Lipinski definition) is 2. The fourth-order valence-electron chi connectivity index (χ4n) is 1.51. The highest BCUT2D eigenvalue weighted by Gasteiger charge is 2.09. The van der Waals surface area contributed by atoms with Gasteiger partial charge in [0.15, 0.2) is 5.11 Å². The number of nitrogens with one attached hydrogen (secondary N) is 2. The van der Waals surface area contributed by atoms with E-state index >= 15 is 0 Å². The topological polar surface area (TPSA) is 91.1 Å². The Kier molecular flexibility index (Phi) is 2.49. The number of hydrogen-bond donors (Lipinski definition) is 4. The average Bonchev–Trinajstić information content (AvgIpc) is 2.61. The van der Waals surface area contributed by atoms with E-state index in [0.717, 1.165) is 10.9 Å². The van der Waals surface area contributed by atoms with Crippen molar-refractivity contribution >= 4 is 39.9 Å². The number of carboxylic acids is 1. The first-order chi connectivity index (χ1) is 7.58. The SMILES string of the molecule is NC(=S)Nc1cccc2[nH]c(C(=O)O)cc12. The molecular formula is C10H9N3O2S. The third-order valence-electron chi connectivity index (χ3n) is 2.15. The molecule has 1 heterocycles. The number of H-pyrrole nitrogens is 1. The van der Waals surface area contributed by atoms with Crippen molar-refractivity contribution in [3.8, 4) is 0 Å². The van der Waals surface area contributed by atoms with Gasteiger partial charge in [-0.3, -0.25) is 0 Å². The zero-order chi connectivity index (χ0) is 11.7.